The van der Waals surface area contributed by atoms with Crippen molar-refractivity contribution in [3.8, 4) is 5.75 Å². The lowest BCUT2D eigenvalue weighted by Crippen LogP contribution is -2.46. The molecule has 0 saturated heterocycles. The molecule has 0 radical (unpaired) electrons. The van der Waals surface area contributed by atoms with E-state index >= 15 is 0 Å². The Hall–Kier alpha value is -2.68. The zero-order valence-corrected chi connectivity index (χ0v) is 20.6. The summed E-state index contributed by atoms with van der Waals surface area (Å²) in [7, 11) is 1.47. The van der Waals surface area contributed by atoms with E-state index in [0.29, 0.717) is 17.0 Å². The van der Waals surface area contributed by atoms with Crippen molar-refractivity contribution in [2.75, 3.05) is 12.0 Å². The summed E-state index contributed by atoms with van der Waals surface area (Å²) < 4.78 is 23.6. The number of methoxy groups -OCH3 is 1. The molecule has 34 heavy (non-hydrogen) atoms. The van der Waals surface area contributed by atoms with E-state index in [9.17, 15) is 14.0 Å². The number of aromatic nitrogens is 1. The van der Waals surface area contributed by atoms with Crippen LogP contribution in [0.15, 0.2) is 48.5 Å². The number of benzene rings is 2. The molecule has 10 heteroatoms. The number of nitrogens with one attached hydrogen (secondary N) is 1. The summed E-state index contributed by atoms with van der Waals surface area (Å²) in [6.45, 7) is 0. The Morgan fingerprint density at radius 2 is 1.82 bits per heavy atom. The van der Waals surface area contributed by atoms with Gasteiger partial charge in [0, 0.05) is 6.04 Å². The first-order chi connectivity index (χ1) is 16.4. The van der Waals surface area contributed by atoms with Crippen LogP contribution in [-0.2, 0) is 4.79 Å². The molecular weight excluding hydrogens is 500 g/mol. The van der Waals surface area contributed by atoms with Crippen LogP contribution in [0.1, 0.15) is 47.8 Å². The van der Waals surface area contributed by atoms with Crippen molar-refractivity contribution >= 4 is 52.2 Å². The largest absolute Gasteiger partial charge is 0.495 e. The maximum absolute atomic E-state index is 13.9. The predicted molar refractivity (Wildman–Crippen MR) is 131 cm³/mol. The molecule has 0 bridgehead atoms. The molecule has 2 amide bonds. The molecule has 1 heterocycles. The van der Waals surface area contributed by atoms with Crippen LogP contribution in [-0.4, -0.2) is 29.3 Å². The minimum atomic E-state index is -1.14. The Labute approximate surface area is 210 Å². The molecule has 3 aromatic rings. The SMILES string of the molecule is COc1ccccc1N(C(=O)c1nsc(Cl)c1Cl)[C@H](C(=O)NC1CCCC1)c1ccc(F)cc1. The zero-order chi connectivity index (χ0) is 24.2. The first-order valence-electron chi connectivity index (χ1n) is 10.7. The molecule has 1 aliphatic rings. The fraction of sp³-hybridized carbons (Fsp3) is 0.292. The fourth-order valence-corrected chi connectivity index (χ4v) is 5.10. The minimum absolute atomic E-state index is 0.00220. The van der Waals surface area contributed by atoms with E-state index in [1.165, 1.54) is 36.3 Å². The Morgan fingerprint density at radius 1 is 1.15 bits per heavy atom. The van der Waals surface area contributed by atoms with Gasteiger partial charge in [0.05, 0.1) is 12.8 Å². The van der Waals surface area contributed by atoms with E-state index in [-0.39, 0.29) is 21.1 Å². The molecular formula is C24H22Cl2FN3O3S. The van der Waals surface area contributed by atoms with Crippen molar-refractivity contribution in [2.24, 2.45) is 0 Å². The lowest BCUT2D eigenvalue weighted by molar-refractivity contribution is -0.123. The molecule has 6 nitrogen and oxygen atoms in total. The molecule has 0 unspecified atom stereocenters. The molecule has 2 aromatic carbocycles. The van der Waals surface area contributed by atoms with Crippen LogP contribution in [0.25, 0.3) is 0 Å². The normalized spacial score (nSPS) is 14.6. The van der Waals surface area contributed by atoms with Crippen LogP contribution in [0, 0.1) is 5.82 Å². The number of hydrogen-bond donors (Lipinski definition) is 1. The second kappa shape index (κ2) is 10.7. The minimum Gasteiger partial charge on any atom is -0.495 e. The highest BCUT2D eigenvalue weighted by molar-refractivity contribution is 7.11. The van der Waals surface area contributed by atoms with E-state index < -0.39 is 23.7 Å². The van der Waals surface area contributed by atoms with Crippen LogP contribution >= 0.6 is 34.7 Å². The Balaban J connectivity index is 1.87. The monoisotopic (exact) mass is 521 g/mol. The van der Waals surface area contributed by atoms with Gasteiger partial charge >= 0.3 is 0 Å². The summed E-state index contributed by atoms with van der Waals surface area (Å²) in [6.07, 6.45) is 3.76. The molecule has 178 valence electrons. The maximum Gasteiger partial charge on any atom is 0.280 e. The van der Waals surface area contributed by atoms with Crippen LogP contribution in [0.4, 0.5) is 10.1 Å². The molecule has 0 spiro atoms. The summed E-state index contributed by atoms with van der Waals surface area (Å²) in [6, 6.07) is 11.2. The Morgan fingerprint density at radius 3 is 2.44 bits per heavy atom. The standard InChI is InChI=1S/C24H22Cl2FN3O3S/c1-33-18-9-5-4-8-17(18)30(24(32)20-19(25)22(26)34-29-20)21(14-10-12-15(27)13-11-14)23(31)28-16-6-2-3-7-16/h4-5,8-13,16,21H,2-3,6-7H2,1H3,(H,28,31)/t21-/m0/s1. The number of hydrogen-bond acceptors (Lipinski definition) is 5. The molecule has 1 N–H and O–H groups in total. The summed E-state index contributed by atoms with van der Waals surface area (Å²) in [5.41, 5.74) is 0.683. The van der Waals surface area contributed by atoms with Crippen molar-refractivity contribution < 1.29 is 18.7 Å². The van der Waals surface area contributed by atoms with Crippen molar-refractivity contribution in [3.63, 3.8) is 0 Å². The van der Waals surface area contributed by atoms with Crippen LogP contribution in [0.2, 0.25) is 9.36 Å². The molecule has 1 aromatic heterocycles. The number of nitrogens with zero attached hydrogens (tertiary/aromatic N) is 2. The van der Waals surface area contributed by atoms with Gasteiger partial charge in [0.25, 0.3) is 5.91 Å². The molecule has 1 saturated carbocycles. The van der Waals surface area contributed by atoms with E-state index in [4.69, 9.17) is 27.9 Å². The lowest BCUT2D eigenvalue weighted by Gasteiger charge is -2.32. The molecule has 4 rings (SSSR count). The van der Waals surface area contributed by atoms with Crippen molar-refractivity contribution in [2.45, 2.75) is 37.8 Å². The number of para-hydroxylation sites is 2. The molecule has 0 aliphatic heterocycles. The van der Waals surface area contributed by atoms with E-state index in [0.717, 1.165) is 37.2 Å². The number of carbonyl (C=O) groups excluding carboxylic acids is 2. The van der Waals surface area contributed by atoms with Gasteiger partial charge < -0.3 is 10.1 Å². The summed E-state index contributed by atoms with van der Waals surface area (Å²) in [5.74, 6) is -1.11. The van der Waals surface area contributed by atoms with Crippen molar-refractivity contribution in [1.29, 1.82) is 0 Å². The highest BCUT2D eigenvalue weighted by Gasteiger charge is 2.38. The number of carbonyl (C=O) groups is 2. The second-order valence-electron chi connectivity index (χ2n) is 7.91. The quantitative estimate of drug-likeness (QED) is 0.411. The van der Waals surface area contributed by atoms with Gasteiger partial charge in [-0.2, -0.15) is 4.37 Å². The Bertz CT molecular complexity index is 1180. The number of anilines is 1. The van der Waals surface area contributed by atoms with E-state index in [2.05, 4.69) is 9.69 Å². The maximum atomic E-state index is 13.9. The third-order valence-electron chi connectivity index (χ3n) is 5.76. The van der Waals surface area contributed by atoms with Gasteiger partial charge in [-0.25, -0.2) is 4.39 Å². The van der Waals surface area contributed by atoms with Gasteiger partial charge in [-0.05, 0) is 54.2 Å². The average molecular weight is 522 g/mol. The summed E-state index contributed by atoms with van der Waals surface area (Å²) >= 11 is 13.2. The summed E-state index contributed by atoms with van der Waals surface area (Å²) in [4.78, 5) is 28.9. The molecule has 1 fully saturated rings. The Kier molecular flexibility index (Phi) is 7.70. The number of amides is 2. The van der Waals surface area contributed by atoms with Crippen molar-refractivity contribution in [1.82, 2.24) is 9.69 Å². The summed E-state index contributed by atoms with van der Waals surface area (Å²) in [5, 5.41) is 3.07. The lowest BCUT2D eigenvalue weighted by atomic mass is 10.0. The van der Waals surface area contributed by atoms with Crippen LogP contribution in [0.3, 0.4) is 0 Å². The fourth-order valence-electron chi connectivity index (χ4n) is 4.11. The first kappa shape index (κ1) is 24.4. The zero-order valence-electron chi connectivity index (χ0n) is 18.3. The highest BCUT2D eigenvalue weighted by atomic mass is 35.5. The number of ether oxygens (including phenoxy) is 1. The van der Waals surface area contributed by atoms with Gasteiger partial charge in [0.2, 0.25) is 5.91 Å². The third kappa shape index (κ3) is 5.04. The van der Waals surface area contributed by atoms with Gasteiger partial charge in [-0.1, -0.05) is 60.3 Å². The first-order valence-corrected chi connectivity index (χ1v) is 12.3. The topological polar surface area (TPSA) is 71.5 Å². The second-order valence-corrected chi connectivity index (χ2v) is 9.66. The predicted octanol–water partition coefficient (Wildman–Crippen LogP) is 6.04. The third-order valence-corrected chi connectivity index (χ3v) is 7.37. The van der Waals surface area contributed by atoms with Gasteiger partial charge in [-0.15, -0.1) is 0 Å². The number of halogens is 3. The average Bonchev–Trinajstić information content (AvgIpc) is 3.47. The van der Waals surface area contributed by atoms with Gasteiger partial charge in [0.1, 0.15) is 27.0 Å². The number of rotatable bonds is 7. The van der Waals surface area contributed by atoms with E-state index in [1.807, 2.05) is 0 Å². The van der Waals surface area contributed by atoms with E-state index in [1.54, 1.807) is 24.3 Å². The molecule has 1 aliphatic carbocycles. The highest BCUT2D eigenvalue weighted by Crippen LogP contribution is 2.38. The van der Waals surface area contributed by atoms with Gasteiger partial charge in [-0.3, -0.25) is 14.5 Å². The van der Waals surface area contributed by atoms with Gasteiger partial charge in [0.15, 0.2) is 5.69 Å². The van der Waals surface area contributed by atoms with Crippen LogP contribution < -0.4 is 15.0 Å². The smallest absolute Gasteiger partial charge is 0.280 e. The van der Waals surface area contributed by atoms with Crippen LogP contribution in [0.5, 0.6) is 5.75 Å². The van der Waals surface area contributed by atoms with Crippen molar-refractivity contribution in [3.05, 3.63) is 75.0 Å². The molecule has 1 atom stereocenters.